The van der Waals surface area contributed by atoms with E-state index < -0.39 is 0 Å². The Kier molecular flexibility index (Phi) is 5.12. The molecule has 0 aliphatic carbocycles. The number of pyridine rings is 1. The topological polar surface area (TPSA) is 42.2 Å². The van der Waals surface area contributed by atoms with Crippen molar-refractivity contribution >= 4 is 5.69 Å². The first kappa shape index (κ1) is 12.0. The Morgan fingerprint density at radius 2 is 2.13 bits per heavy atom. The Morgan fingerprint density at radius 1 is 1.33 bits per heavy atom. The van der Waals surface area contributed by atoms with Gasteiger partial charge in [0.1, 0.15) is 0 Å². The number of aryl methyl sites for hydroxylation is 1. The maximum absolute atomic E-state index is 5.46. The summed E-state index contributed by atoms with van der Waals surface area (Å²) in [5.41, 5.74) is 7.97. The number of anilines is 1. The zero-order valence-corrected chi connectivity index (χ0v) is 9.74. The third kappa shape index (κ3) is 3.88. The maximum atomic E-state index is 5.46. The summed E-state index contributed by atoms with van der Waals surface area (Å²) in [5.74, 6) is 0. The van der Waals surface area contributed by atoms with Gasteiger partial charge in [-0.1, -0.05) is 6.42 Å². The molecule has 3 heteroatoms. The van der Waals surface area contributed by atoms with Crippen LogP contribution in [0.4, 0.5) is 5.69 Å². The first-order valence-corrected chi connectivity index (χ1v) is 5.57. The van der Waals surface area contributed by atoms with Crippen LogP contribution >= 0.6 is 0 Å². The lowest BCUT2D eigenvalue weighted by Gasteiger charge is -2.20. The van der Waals surface area contributed by atoms with Crippen LogP contribution in [0.25, 0.3) is 0 Å². The summed E-state index contributed by atoms with van der Waals surface area (Å²) < 4.78 is 0. The minimum atomic E-state index is 0.804. The fraction of sp³-hybridized carbons (Fsp3) is 0.583. The molecule has 0 aliphatic rings. The van der Waals surface area contributed by atoms with Crippen molar-refractivity contribution in [2.75, 3.05) is 25.0 Å². The molecule has 2 N–H and O–H groups in total. The van der Waals surface area contributed by atoms with Crippen LogP contribution in [0.2, 0.25) is 0 Å². The van der Waals surface area contributed by atoms with Gasteiger partial charge in [0, 0.05) is 31.7 Å². The molecule has 0 atom stereocenters. The van der Waals surface area contributed by atoms with E-state index in [2.05, 4.69) is 29.9 Å². The Morgan fingerprint density at radius 3 is 2.80 bits per heavy atom. The van der Waals surface area contributed by atoms with E-state index in [0.717, 1.165) is 19.5 Å². The standard InChI is InChI=1S/C12H21N3/c1-11-10-14-8-6-12(11)15(2)9-5-3-4-7-13/h6,8,10H,3-5,7,9,13H2,1-2H3. The third-order valence-electron chi connectivity index (χ3n) is 2.60. The SMILES string of the molecule is Cc1cnccc1N(C)CCCCCN. The second-order valence-electron chi connectivity index (χ2n) is 3.93. The minimum absolute atomic E-state index is 0.804. The van der Waals surface area contributed by atoms with Crippen LogP contribution in [-0.4, -0.2) is 25.1 Å². The summed E-state index contributed by atoms with van der Waals surface area (Å²) in [7, 11) is 2.13. The van der Waals surface area contributed by atoms with Crippen molar-refractivity contribution in [3.63, 3.8) is 0 Å². The first-order chi connectivity index (χ1) is 7.25. The molecular weight excluding hydrogens is 186 g/mol. The molecular formula is C12H21N3. The van der Waals surface area contributed by atoms with Crippen LogP contribution in [0.5, 0.6) is 0 Å². The third-order valence-corrected chi connectivity index (χ3v) is 2.60. The highest BCUT2D eigenvalue weighted by Crippen LogP contribution is 2.16. The normalized spacial score (nSPS) is 10.3. The predicted octanol–water partition coefficient (Wildman–Crippen LogP) is 1.96. The number of aromatic nitrogens is 1. The van der Waals surface area contributed by atoms with Crippen molar-refractivity contribution in [2.24, 2.45) is 5.73 Å². The highest BCUT2D eigenvalue weighted by Gasteiger charge is 2.02. The van der Waals surface area contributed by atoms with Gasteiger partial charge in [-0.25, -0.2) is 0 Å². The molecule has 1 rings (SSSR count). The summed E-state index contributed by atoms with van der Waals surface area (Å²) in [6.45, 7) is 3.99. The van der Waals surface area contributed by atoms with Gasteiger partial charge in [-0.15, -0.1) is 0 Å². The van der Waals surface area contributed by atoms with E-state index in [9.17, 15) is 0 Å². The van der Waals surface area contributed by atoms with Gasteiger partial charge < -0.3 is 10.6 Å². The van der Waals surface area contributed by atoms with Crippen LogP contribution in [-0.2, 0) is 0 Å². The lowest BCUT2D eigenvalue weighted by molar-refractivity contribution is 0.678. The zero-order valence-electron chi connectivity index (χ0n) is 9.74. The molecule has 0 fully saturated rings. The van der Waals surface area contributed by atoms with Gasteiger partial charge in [0.05, 0.1) is 0 Å². The smallest absolute Gasteiger partial charge is 0.0424 e. The molecule has 1 heterocycles. The highest BCUT2D eigenvalue weighted by molar-refractivity contribution is 5.50. The van der Waals surface area contributed by atoms with E-state index >= 15 is 0 Å². The monoisotopic (exact) mass is 207 g/mol. The molecule has 0 aliphatic heterocycles. The lowest BCUT2D eigenvalue weighted by atomic mass is 10.2. The van der Waals surface area contributed by atoms with Crippen LogP contribution in [0.1, 0.15) is 24.8 Å². The average Bonchev–Trinajstić information content (AvgIpc) is 2.25. The van der Waals surface area contributed by atoms with E-state index in [0.29, 0.717) is 0 Å². The van der Waals surface area contributed by atoms with Crippen LogP contribution < -0.4 is 10.6 Å². The molecule has 0 amide bonds. The molecule has 0 bridgehead atoms. The minimum Gasteiger partial charge on any atom is -0.374 e. The Labute approximate surface area is 92.3 Å². The largest absolute Gasteiger partial charge is 0.374 e. The summed E-state index contributed by atoms with van der Waals surface area (Å²) >= 11 is 0. The quantitative estimate of drug-likeness (QED) is 0.725. The Hall–Kier alpha value is -1.09. The van der Waals surface area contributed by atoms with E-state index in [1.165, 1.54) is 24.1 Å². The van der Waals surface area contributed by atoms with Gasteiger partial charge in [0.15, 0.2) is 0 Å². The van der Waals surface area contributed by atoms with Crippen molar-refractivity contribution in [3.8, 4) is 0 Å². The number of hydrogen-bond acceptors (Lipinski definition) is 3. The lowest BCUT2D eigenvalue weighted by Crippen LogP contribution is -2.19. The molecule has 84 valence electrons. The maximum Gasteiger partial charge on any atom is 0.0424 e. The Balaban J connectivity index is 2.40. The van der Waals surface area contributed by atoms with Crippen molar-refractivity contribution in [2.45, 2.75) is 26.2 Å². The average molecular weight is 207 g/mol. The van der Waals surface area contributed by atoms with E-state index in [-0.39, 0.29) is 0 Å². The summed E-state index contributed by atoms with van der Waals surface area (Å²) in [5, 5.41) is 0. The fourth-order valence-electron chi connectivity index (χ4n) is 1.68. The molecule has 0 radical (unpaired) electrons. The van der Waals surface area contributed by atoms with E-state index in [4.69, 9.17) is 5.73 Å². The highest BCUT2D eigenvalue weighted by atomic mass is 15.1. The summed E-state index contributed by atoms with van der Waals surface area (Å²) in [4.78, 5) is 6.38. The van der Waals surface area contributed by atoms with Gasteiger partial charge in [-0.05, 0) is 37.9 Å². The summed E-state index contributed by atoms with van der Waals surface area (Å²) in [6, 6.07) is 2.07. The van der Waals surface area contributed by atoms with Crippen LogP contribution in [0.3, 0.4) is 0 Å². The van der Waals surface area contributed by atoms with Crippen molar-refractivity contribution in [3.05, 3.63) is 24.0 Å². The van der Waals surface area contributed by atoms with Gasteiger partial charge >= 0.3 is 0 Å². The predicted molar refractivity (Wildman–Crippen MR) is 65.1 cm³/mol. The Bertz CT molecular complexity index is 286. The molecule has 0 aromatic carbocycles. The number of nitrogens with zero attached hydrogens (tertiary/aromatic N) is 2. The van der Waals surface area contributed by atoms with Crippen molar-refractivity contribution < 1.29 is 0 Å². The van der Waals surface area contributed by atoms with E-state index in [1.807, 2.05) is 12.4 Å². The molecule has 1 aromatic heterocycles. The number of rotatable bonds is 6. The van der Waals surface area contributed by atoms with E-state index in [1.54, 1.807) is 0 Å². The molecule has 0 saturated carbocycles. The van der Waals surface area contributed by atoms with Gasteiger partial charge in [0.2, 0.25) is 0 Å². The van der Waals surface area contributed by atoms with Crippen molar-refractivity contribution in [1.29, 1.82) is 0 Å². The van der Waals surface area contributed by atoms with Crippen LogP contribution in [0.15, 0.2) is 18.5 Å². The molecule has 15 heavy (non-hydrogen) atoms. The molecule has 0 saturated heterocycles. The van der Waals surface area contributed by atoms with Gasteiger partial charge in [-0.3, -0.25) is 4.98 Å². The second kappa shape index (κ2) is 6.40. The fourth-order valence-corrected chi connectivity index (χ4v) is 1.68. The number of nitrogens with two attached hydrogens (primary N) is 1. The van der Waals surface area contributed by atoms with Gasteiger partial charge in [0.25, 0.3) is 0 Å². The summed E-state index contributed by atoms with van der Waals surface area (Å²) in [6.07, 6.45) is 7.30. The molecule has 0 spiro atoms. The molecule has 1 aromatic rings. The molecule has 0 unspecified atom stereocenters. The number of hydrogen-bond donors (Lipinski definition) is 1. The first-order valence-electron chi connectivity index (χ1n) is 5.57. The zero-order chi connectivity index (χ0) is 11.1. The van der Waals surface area contributed by atoms with Crippen molar-refractivity contribution in [1.82, 2.24) is 4.98 Å². The molecule has 3 nitrogen and oxygen atoms in total. The number of unbranched alkanes of at least 4 members (excludes halogenated alkanes) is 2. The van der Waals surface area contributed by atoms with Crippen LogP contribution in [0, 0.1) is 6.92 Å². The van der Waals surface area contributed by atoms with Gasteiger partial charge in [-0.2, -0.15) is 0 Å². The second-order valence-corrected chi connectivity index (χ2v) is 3.93.